The Hall–Kier alpha value is -1.40. The van der Waals surface area contributed by atoms with Gasteiger partial charge >= 0.3 is 5.97 Å². The Morgan fingerprint density at radius 3 is 3.00 bits per heavy atom. The molecule has 0 aliphatic carbocycles. The highest BCUT2D eigenvalue weighted by Gasteiger charge is 2.17. The molecule has 2 heterocycles. The van der Waals surface area contributed by atoms with Crippen molar-refractivity contribution in [2.75, 3.05) is 13.7 Å². The monoisotopic (exact) mass is 282 g/mol. The molecule has 1 atom stereocenters. The second-order valence-corrected chi connectivity index (χ2v) is 5.79. The Morgan fingerprint density at radius 1 is 1.53 bits per heavy atom. The number of ether oxygens (including phenoxy) is 1. The number of piperidine rings is 1. The van der Waals surface area contributed by atoms with Crippen molar-refractivity contribution in [3.63, 3.8) is 0 Å². The van der Waals surface area contributed by atoms with Crippen molar-refractivity contribution in [2.45, 2.75) is 31.8 Å². The third kappa shape index (κ3) is 4.33. The van der Waals surface area contributed by atoms with Crippen molar-refractivity contribution in [3.8, 4) is 0 Å². The largest absolute Gasteiger partial charge is 0.469 e. The average Bonchev–Trinajstić information content (AvgIpc) is 2.85. The Bertz CT molecular complexity index is 448. The van der Waals surface area contributed by atoms with Gasteiger partial charge in [0.25, 0.3) is 0 Å². The van der Waals surface area contributed by atoms with E-state index in [-0.39, 0.29) is 11.9 Å². The normalized spacial score (nSPS) is 19.0. The Morgan fingerprint density at radius 2 is 2.32 bits per heavy atom. The molecular formula is C13H18N2O3S. The summed E-state index contributed by atoms with van der Waals surface area (Å²) in [5.41, 5.74) is 0. The number of amides is 1. The summed E-state index contributed by atoms with van der Waals surface area (Å²) in [5, 5.41) is 6.27. The molecule has 0 bridgehead atoms. The van der Waals surface area contributed by atoms with Crippen LogP contribution in [0.5, 0.6) is 0 Å². The molecule has 1 saturated heterocycles. The van der Waals surface area contributed by atoms with Crippen molar-refractivity contribution in [2.24, 2.45) is 0 Å². The van der Waals surface area contributed by atoms with E-state index >= 15 is 0 Å². The first-order valence-electron chi connectivity index (χ1n) is 6.32. The fourth-order valence-corrected chi connectivity index (χ4v) is 2.93. The lowest BCUT2D eigenvalue weighted by Gasteiger charge is -2.23. The Labute approximate surface area is 116 Å². The van der Waals surface area contributed by atoms with Crippen LogP contribution >= 0.6 is 11.3 Å². The smallest absolute Gasteiger partial charge is 0.310 e. The summed E-state index contributed by atoms with van der Waals surface area (Å²) in [6.45, 7) is 1.46. The molecule has 2 rings (SSSR count). The van der Waals surface area contributed by atoms with E-state index in [9.17, 15) is 9.59 Å². The fraction of sp³-hybridized carbons (Fsp3) is 0.538. The van der Waals surface area contributed by atoms with Crippen LogP contribution in [0.1, 0.15) is 22.6 Å². The molecular weight excluding hydrogens is 264 g/mol. The van der Waals surface area contributed by atoms with E-state index in [0.29, 0.717) is 25.4 Å². The van der Waals surface area contributed by atoms with Gasteiger partial charge in [0.2, 0.25) is 5.91 Å². The molecule has 0 saturated carbocycles. The van der Waals surface area contributed by atoms with Gasteiger partial charge in [-0.15, -0.1) is 11.3 Å². The highest BCUT2D eigenvalue weighted by Crippen LogP contribution is 2.17. The van der Waals surface area contributed by atoms with Crippen LogP contribution in [0.15, 0.2) is 12.1 Å². The van der Waals surface area contributed by atoms with E-state index in [2.05, 4.69) is 15.4 Å². The molecule has 0 spiro atoms. The van der Waals surface area contributed by atoms with Crippen molar-refractivity contribution in [1.29, 1.82) is 0 Å². The number of carbonyl (C=O) groups is 2. The summed E-state index contributed by atoms with van der Waals surface area (Å²) in [6.07, 6.45) is 1.81. The van der Waals surface area contributed by atoms with E-state index in [1.807, 2.05) is 12.1 Å². The highest BCUT2D eigenvalue weighted by atomic mass is 32.1. The Balaban J connectivity index is 1.77. The summed E-state index contributed by atoms with van der Waals surface area (Å²) in [5.74, 6) is -0.0779. The average molecular weight is 282 g/mol. The van der Waals surface area contributed by atoms with Crippen molar-refractivity contribution in [3.05, 3.63) is 21.9 Å². The number of thiophene rings is 1. The van der Waals surface area contributed by atoms with Gasteiger partial charge in [-0.25, -0.2) is 0 Å². The molecule has 1 aliphatic rings. The minimum atomic E-state index is -0.212. The molecule has 1 amide bonds. The van der Waals surface area contributed by atoms with Crippen LogP contribution in [0, 0.1) is 0 Å². The zero-order valence-corrected chi connectivity index (χ0v) is 11.7. The topological polar surface area (TPSA) is 67.4 Å². The second kappa shape index (κ2) is 6.68. The van der Waals surface area contributed by atoms with Crippen molar-refractivity contribution < 1.29 is 14.3 Å². The maximum absolute atomic E-state index is 11.2. The van der Waals surface area contributed by atoms with E-state index in [1.165, 1.54) is 12.0 Å². The van der Waals surface area contributed by atoms with E-state index in [4.69, 9.17) is 0 Å². The number of hydrogen-bond donors (Lipinski definition) is 2. The summed E-state index contributed by atoms with van der Waals surface area (Å²) in [4.78, 5) is 24.4. The molecule has 6 heteroatoms. The van der Waals surface area contributed by atoms with Gasteiger partial charge in [-0.2, -0.15) is 0 Å². The van der Waals surface area contributed by atoms with Gasteiger partial charge in [-0.05, 0) is 18.6 Å². The highest BCUT2D eigenvalue weighted by molar-refractivity contribution is 7.12. The zero-order valence-electron chi connectivity index (χ0n) is 10.9. The van der Waals surface area contributed by atoms with Gasteiger partial charge in [0, 0.05) is 35.3 Å². The van der Waals surface area contributed by atoms with Gasteiger partial charge < -0.3 is 15.4 Å². The fourth-order valence-electron chi connectivity index (χ4n) is 1.98. The maximum atomic E-state index is 11.2. The third-order valence-corrected chi connectivity index (χ3v) is 4.18. The molecule has 0 radical (unpaired) electrons. The number of esters is 1. The molecule has 1 aromatic heterocycles. The first-order valence-corrected chi connectivity index (χ1v) is 7.13. The molecule has 2 N–H and O–H groups in total. The molecule has 19 heavy (non-hydrogen) atoms. The summed E-state index contributed by atoms with van der Waals surface area (Å²) in [6, 6.07) is 4.32. The van der Waals surface area contributed by atoms with Gasteiger partial charge in [0.1, 0.15) is 0 Å². The lowest BCUT2D eigenvalue weighted by molar-refractivity contribution is -0.139. The van der Waals surface area contributed by atoms with Gasteiger partial charge in [-0.1, -0.05) is 0 Å². The summed E-state index contributed by atoms with van der Waals surface area (Å²) in [7, 11) is 1.40. The van der Waals surface area contributed by atoms with Crippen molar-refractivity contribution in [1.82, 2.24) is 10.6 Å². The van der Waals surface area contributed by atoms with Crippen LogP contribution in [0.2, 0.25) is 0 Å². The Kier molecular flexibility index (Phi) is 4.93. The van der Waals surface area contributed by atoms with Gasteiger partial charge in [0.15, 0.2) is 0 Å². The number of carbonyl (C=O) groups excluding carboxylic acids is 2. The summed E-state index contributed by atoms with van der Waals surface area (Å²) >= 11 is 1.62. The van der Waals surface area contributed by atoms with Crippen LogP contribution in [0.4, 0.5) is 0 Å². The SMILES string of the molecule is COC(=O)Cc1ccc(CNC2CCC(=O)NC2)s1. The molecule has 1 aliphatic heterocycles. The zero-order chi connectivity index (χ0) is 13.7. The number of rotatable bonds is 5. The van der Waals surface area contributed by atoms with Gasteiger partial charge in [-0.3, -0.25) is 9.59 Å². The second-order valence-electron chi connectivity index (χ2n) is 4.54. The van der Waals surface area contributed by atoms with Crippen LogP contribution < -0.4 is 10.6 Å². The summed E-state index contributed by atoms with van der Waals surface area (Å²) < 4.78 is 4.64. The lowest BCUT2D eigenvalue weighted by Crippen LogP contribution is -2.45. The van der Waals surface area contributed by atoms with Crippen LogP contribution in [0.25, 0.3) is 0 Å². The lowest BCUT2D eigenvalue weighted by atomic mass is 10.1. The number of hydrogen-bond acceptors (Lipinski definition) is 5. The van der Waals surface area contributed by atoms with E-state index in [1.54, 1.807) is 11.3 Å². The minimum absolute atomic E-state index is 0.134. The van der Waals surface area contributed by atoms with E-state index in [0.717, 1.165) is 17.8 Å². The standard InChI is InChI=1S/C13H18N2O3S/c1-18-13(17)6-10-3-4-11(19-10)8-14-9-2-5-12(16)15-7-9/h3-4,9,14H,2,5-8H2,1H3,(H,15,16). The van der Waals surface area contributed by atoms with Crippen LogP contribution in [0.3, 0.4) is 0 Å². The minimum Gasteiger partial charge on any atom is -0.469 e. The predicted molar refractivity (Wildman–Crippen MR) is 72.9 cm³/mol. The van der Waals surface area contributed by atoms with Crippen LogP contribution in [-0.2, 0) is 27.3 Å². The molecule has 5 nitrogen and oxygen atoms in total. The maximum Gasteiger partial charge on any atom is 0.310 e. The third-order valence-electron chi connectivity index (χ3n) is 3.09. The molecule has 1 aromatic rings. The quantitative estimate of drug-likeness (QED) is 0.785. The predicted octanol–water partition coefficient (Wildman–Crippen LogP) is 0.832. The van der Waals surface area contributed by atoms with Crippen LogP contribution in [-0.4, -0.2) is 31.6 Å². The first-order chi connectivity index (χ1) is 9.17. The molecule has 1 fully saturated rings. The number of methoxy groups -OCH3 is 1. The van der Waals surface area contributed by atoms with Crippen molar-refractivity contribution >= 4 is 23.2 Å². The van der Waals surface area contributed by atoms with Gasteiger partial charge in [0.05, 0.1) is 13.5 Å². The number of nitrogens with one attached hydrogen (secondary N) is 2. The molecule has 0 aromatic carbocycles. The molecule has 1 unspecified atom stereocenters. The van der Waals surface area contributed by atoms with E-state index < -0.39 is 0 Å². The molecule has 104 valence electrons. The first kappa shape index (κ1) is 14.0.